The molecule has 1 nitrogen and oxygen atoms in total. The van der Waals surface area contributed by atoms with E-state index in [4.69, 9.17) is 4.43 Å². The quantitative estimate of drug-likeness (QED) is 0.344. The summed E-state index contributed by atoms with van der Waals surface area (Å²) in [6.07, 6.45) is 15.6. The van der Waals surface area contributed by atoms with Gasteiger partial charge in [-0.2, -0.15) is 0 Å². The molecule has 0 saturated heterocycles. The van der Waals surface area contributed by atoms with Gasteiger partial charge in [-0.3, -0.25) is 0 Å². The highest BCUT2D eigenvalue weighted by Crippen LogP contribution is 2.11. The van der Waals surface area contributed by atoms with E-state index in [1.54, 1.807) is 0 Å². The van der Waals surface area contributed by atoms with Gasteiger partial charge in [0.05, 0.1) is 0 Å². The van der Waals surface area contributed by atoms with E-state index in [0.717, 1.165) is 6.61 Å². The van der Waals surface area contributed by atoms with Crippen molar-refractivity contribution in [1.82, 2.24) is 0 Å². The molecule has 0 amide bonds. The lowest BCUT2D eigenvalue weighted by Gasteiger charge is -2.03. The van der Waals surface area contributed by atoms with Crippen LogP contribution in [-0.2, 0) is 4.43 Å². The average Bonchev–Trinajstić information content (AvgIpc) is 2.31. The molecular weight excluding hydrogens is 212 g/mol. The Labute approximate surface area is 105 Å². The van der Waals surface area contributed by atoms with Crippen LogP contribution in [0.5, 0.6) is 0 Å². The van der Waals surface area contributed by atoms with Crippen molar-refractivity contribution >= 4 is 9.76 Å². The minimum absolute atomic E-state index is 0.144. The Morgan fingerprint density at radius 2 is 1.12 bits per heavy atom. The van der Waals surface area contributed by atoms with Gasteiger partial charge in [0.25, 0.3) is 0 Å². The van der Waals surface area contributed by atoms with Crippen LogP contribution < -0.4 is 0 Å². The van der Waals surface area contributed by atoms with Gasteiger partial charge in [0.1, 0.15) is 0 Å². The molecule has 0 heterocycles. The SMILES string of the molecule is CCCCCCCCCCCCCO[SiH2]C. The summed E-state index contributed by atoms with van der Waals surface area (Å²) in [6.45, 7) is 5.52. The van der Waals surface area contributed by atoms with Gasteiger partial charge in [-0.05, 0) is 6.42 Å². The van der Waals surface area contributed by atoms with Gasteiger partial charge >= 0.3 is 0 Å². The van der Waals surface area contributed by atoms with Crippen LogP contribution in [0.15, 0.2) is 0 Å². The van der Waals surface area contributed by atoms with Gasteiger partial charge < -0.3 is 4.43 Å². The van der Waals surface area contributed by atoms with Crippen molar-refractivity contribution in [2.75, 3.05) is 6.61 Å². The zero-order valence-corrected chi connectivity index (χ0v) is 13.0. The van der Waals surface area contributed by atoms with Crippen LogP contribution in [0.2, 0.25) is 6.55 Å². The van der Waals surface area contributed by atoms with Crippen molar-refractivity contribution in [3.63, 3.8) is 0 Å². The average molecular weight is 244 g/mol. The summed E-state index contributed by atoms with van der Waals surface area (Å²) in [4.78, 5) is 0. The molecule has 2 heteroatoms. The van der Waals surface area contributed by atoms with E-state index in [-0.39, 0.29) is 9.76 Å². The highest BCUT2D eigenvalue weighted by molar-refractivity contribution is 6.24. The second-order valence-electron chi connectivity index (χ2n) is 4.73. The molecule has 16 heavy (non-hydrogen) atoms. The Kier molecular flexibility index (Phi) is 15.3. The van der Waals surface area contributed by atoms with Gasteiger partial charge in [-0.15, -0.1) is 0 Å². The van der Waals surface area contributed by atoms with E-state index in [1.165, 1.54) is 70.6 Å². The lowest BCUT2D eigenvalue weighted by molar-refractivity contribution is 0.323. The zero-order valence-electron chi connectivity index (χ0n) is 11.6. The first-order chi connectivity index (χ1) is 7.91. The maximum atomic E-state index is 5.45. The van der Waals surface area contributed by atoms with E-state index in [1.807, 2.05) is 0 Å². The van der Waals surface area contributed by atoms with Gasteiger partial charge in [0.2, 0.25) is 0 Å². The van der Waals surface area contributed by atoms with Crippen LogP contribution in [0.1, 0.15) is 77.6 Å². The highest BCUT2D eigenvalue weighted by atomic mass is 28.2. The minimum atomic E-state index is -0.144. The summed E-state index contributed by atoms with van der Waals surface area (Å²) in [5.41, 5.74) is 0. The van der Waals surface area contributed by atoms with Crippen LogP contribution >= 0.6 is 0 Å². The summed E-state index contributed by atoms with van der Waals surface area (Å²) in [7, 11) is -0.144. The fraction of sp³-hybridized carbons (Fsp3) is 1.00. The first-order valence-corrected chi connectivity index (χ1v) is 9.48. The third-order valence-corrected chi connectivity index (χ3v) is 3.79. The Morgan fingerprint density at radius 3 is 1.56 bits per heavy atom. The van der Waals surface area contributed by atoms with E-state index >= 15 is 0 Å². The second-order valence-corrected chi connectivity index (χ2v) is 5.72. The molecule has 0 aliphatic rings. The van der Waals surface area contributed by atoms with Crippen LogP contribution in [0, 0.1) is 0 Å². The molecule has 0 unspecified atom stereocenters. The summed E-state index contributed by atoms with van der Waals surface area (Å²) in [5.74, 6) is 0. The van der Waals surface area contributed by atoms with Gasteiger partial charge in [-0.1, -0.05) is 77.7 Å². The molecule has 0 N–H and O–H groups in total. The molecule has 0 rings (SSSR count). The normalized spacial score (nSPS) is 11.6. The van der Waals surface area contributed by atoms with Crippen molar-refractivity contribution in [2.24, 2.45) is 0 Å². The monoisotopic (exact) mass is 244 g/mol. The van der Waals surface area contributed by atoms with E-state index in [0.29, 0.717) is 0 Å². The highest BCUT2D eigenvalue weighted by Gasteiger charge is 1.92. The Hall–Kier alpha value is 0.177. The molecule has 0 atom stereocenters. The summed E-state index contributed by atoms with van der Waals surface area (Å²) < 4.78 is 5.45. The molecule has 98 valence electrons. The molecular formula is C14H32OSi. The van der Waals surface area contributed by atoms with Gasteiger partial charge in [0, 0.05) is 6.61 Å². The first-order valence-electron chi connectivity index (χ1n) is 7.49. The zero-order chi connectivity index (χ0) is 11.9. The molecule has 0 spiro atoms. The fourth-order valence-corrected chi connectivity index (χ4v) is 2.51. The molecule has 0 aromatic rings. The molecule has 0 radical (unpaired) electrons. The molecule has 0 aliphatic carbocycles. The predicted molar refractivity (Wildman–Crippen MR) is 76.8 cm³/mol. The number of hydrogen-bond donors (Lipinski definition) is 0. The van der Waals surface area contributed by atoms with Crippen LogP contribution in [0.4, 0.5) is 0 Å². The Bertz CT molecular complexity index is 103. The Balaban J connectivity index is 2.83. The summed E-state index contributed by atoms with van der Waals surface area (Å²) >= 11 is 0. The third kappa shape index (κ3) is 14.2. The van der Waals surface area contributed by atoms with Crippen LogP contribution in [-0.4, -0.2) is 16.4 Å². The van der Waals surface area contributed by atoms with Gasteiger partial charge in [0.15, 0.2) is 9.76 Å². The number of hydrogen-bond acceptors (Lipinski definition) is 1. The van der Waals surface area contributed by atoms with Crippen molar-refractivity contribution in [3.05, 3.63) is 0 Å². The molecule has 0 bridgehead atoms. The maximum Gasteiger partial charge on any atom is 0.158 e. The lowest BCUT2D eigenvalue weighted by Crippen LogP contribution is -1.95. The smallest absolute Gasteiger partial charge is 0.158 e. The summed E-state index contributed by atoms with van der Waals surface area (Å²) in [6, 6.07) is 0. The number of unbranched alkanes of at least 4 members (excludes halogenated alkanes) is 10. The lowest BCUT2D eigenvalue weighted by atomic mass is 10.1. The largest absolute Gasteiger partial charge is 0.424 e. The minimum Gasteiger partial charge on any atom is -0.424 e. The van der Waals surface area contributed by atoms with E-state index in [9.17, 15) is 0 Å². The van der Waals surface area contributed by atoms with Crippen molar-refractivity contribution in [1.29, 1.82) is 0 Å². The summed E-state index contributed by atoms with van der Waals surface area (Å²) in [5, 5.41) is 0. The standard InChI is InChI=1S/C14H32OSi/c1-3-4-5-6-7-8-9-10-11-12-13-14-15-16-2/h3-14,16H2,1-2H3. The predicted octanol–water partition coefficient (Wildman–Crippen LogP) is 4.45. The van der Waals surface area contributed by atoms with Crippen LogP contribution in [0.25, 0.3) is 0 Å². The molecule has 0 saturated carbocycles. The van der Waals surface area contributed by atoms with Crippen molar-refractivity contribution in [2.45, 2.75) is 84.1 Å². The Morgan fingerprint density at radius 1 is 0.688 bits per heavy atom. The topological polar surface area (TPSA) is 9.23 Å². The molecule has 0 aliphatic heterocycles. The fourth-order valence-electron chi connectivity index (χ4n) is 2.01. The maximum absolute atomic E-state index is 5.45. The number of rotatable bonds is 13. The van der Waals surface area contributed by atoms with E-state index in [2.05, 4.69) is 13.5 Å². The second kappa shape index (κ2) is 15.2. The van der Waals surface area contributed by atoms with Crippen molar-refractivity contribution < 1.29 is 4.43 Å². The van der Waals surface area contributed by atoms with Crippen molar-refractivity contribution in [3.8, 4) is 0 Å². The molecule has 0 aromatic carbocycles. The third-order valence-electron chi connectivity index (χ3n) is 3.10. The molecule has 0 aromatic heterocycles. The van der Waals surface area contributed by atoms with Gasteiger partial charge in [-0.25, -0.2) is 0 Å². The molecule has 0 fully saturated rings. The first kappa shape index (κ1) is 16.2. The van der Waals surface area contributed by atoms with Crippen LogP contribution in [0.3, 0.4) is 0 Å². The van der Waals surface area contributed by atoms with E-state index < -0.39 is 0 Å².